The van der Waals surface area contributed by atoms with Gasteiger partial charge in [-0.15, -0.1) is 5.10 Å². The lowest BCUT2D eigenvalue weighted by molar-refractivity contribution is 0.161. The number of nitrogens with one attached hydrogen (secondary N) is 1. The summed E-state index contributed by atoms with van der Waals surface area (Å²) >= 11 is 0. The van der Waals surface area contributed by atoms with E-state index in [1.807, 2.05) is 65.3 Å². The molecule has 0 unspecified atom stereocenters. The van der Waals surface area contributed by atoms with Gasteiger partial charge in [0.25, 0.3) is 5.56 Å². The maximum atomic E-state index is 13.2. The number of pyridine rings is 1. The van der Waals surface area contributed by atoms with Gasteiger partial charge in [0.15, 0.2) is 17.3 Å². The molecule has 0 spiro atoms. The van der Waals surface area contributed by atoms with E-state index in [2.05, 4.69) is 44.5 Å². The number of benzene rings is 3. The second-order valence-corrected chi connectivity index (χ2v) is 9.77. The Hall–Kier alpha value is -4.70. The molecule has 1 atom stereocenters. The van der Waals surface area contributed by atoms with Crippen LogP contribution >= 0.6 is 0 Å². The second kappa shape index (κ2) is 11.2. The monoisotopic (exact) mass is 538 g/mol. The van der Waals surface area contributed by atoms with E-state index in [1.54, 1.807) is 7.11 Å². The van der Waals surface area contributed by atoms with Gasteiger partial charge in [0.2, 0.25) is 6.79 Å². The van der Waals surface area contributed by atoms with E-state index in [-0.39, 0.29) is 18.4 Å². The van der Waals surface area contributed by atoms with Crippen molar-refractivity contribution in [3.05, 3.63) is 106 Å². The maximum absolute atomic E-state index is 13.2. The van der Waals surface area contributed by atoms with Crippen molar-refractivity contribution in [2.45, 2.75) is 39.0 Å². The summed E-state index contributed by atoms with van der Waals surface area (Å²) in [6, 6.07) is 23.4. The maximum Gasteiger partial charge on any atom is 0.252 e. The van der Waals surface area contributed by atoms with Crippen molar-refractivity contribution >= 4 is 10.9 Å². The molecule has 10 nitrogen and oxygen atoms in total. The summed E-state index contributed by atoms with van der Waals surface area (Å²) in [4.78, 5) is 18.5. The lowest BCUT2D eigenvalue weighted by Gasteiger charge is -2.30. The Labute approximate surface area is 231 Å². The van der Waals surface area contributed by atoms with Crippen LogP contribution in [0.25, 0.3) is 10.9 Å². The van der Waals surface area contributed by atoms with Crippen LogP contribution in [0.4, 0.5) is 0 Å². The van der Waals surface area contributed by atoms with Crippen LogP contribution in [-0.4, -0.2) is 44.0 Å². The molecule has 3 aromatic carbocycles. The molecule has 40 heavy (non-hydrogen) atoms. The average Bonchev–Trinajstić information content (AvgIpc) is 3.63. The van der Waals surface area contributed by atoms with Crippen molar-refractivity contribution in [1.29, 1.82) is 0 Å². The second-order valence-electron chi connectivity index (χ2n) is 9.77. The third kappa shape index (κ3) is 5.26. The van der Waals surface area contributed by atoms with E-state index < -0.39 is 0 Å². The minimum Gasteiger partial charge on any atom is -0.497 e. The number of fused-ring (bicyclic) bond motifs is 2. The number of methoxy groups -OCH3 is 1. The summed E-state index contributed by atoms with van der Waals surface area (Å²) in [6.45, 7) is 3.79. The number of rotatable bonds is 10. The van der Waals surface area contributed by atoms with E-state index >= 15 is 0 Å². The Morgan fingerprint density at radius 3 is 2.67 bits per heavy atom. The Bertz CT molecular complexity index is 1680. The average molecular weight is 539 g/mol. The van der Waals surface area contributed by atoms with Crippen molar-refractivity contribution in [2.24, 2.45) is 0 Å². The van der Waals surface area contributed by atoms with Crippen LogP contribution in [0, 0.1) is 0 Å². The van der Waals surface area contributed by atoms with Crippen molar-refractivity contribution in [1.82, 2.24) is 30.1 Å². The SMILES string of the molecule is CC[C@@H](c1nnnn1Cc1ccccc1)N(Cc1ccc2c(c1)OCO2)Cc1cc2cc(OC)ccc2[nH]c1=O. The van der Waals surface area contributed by atoms with Gasteiger partial charge in [0.05, 0.1) is 19.7 Å². The third-order valence-corrected chi connectivity index (χ3v) is 7.18. The predicted octanol–water partition coefficient (Wildman–Crippen LogP) is 4.45. The summed E-state index contributed by atoms with van der Waals surface area (Å²) < 4.78 is 18.4. The highest BCUT2D eigenvalue weighted by Crippen LogP contribution is 2.34. The number of aromatic nitrogens is 5. The molecule has 6 rings (SSSR count). The molecule has 204 valence electrons. The first-order valence-electron chi connectivity index (χ1n) is 13.2. The fourth-order valence-electron chi connectivity index (χ4n) is 5.17. The summed E-state index contributed by atoms with van der Waals surface area (Å²) in [5, 5.41) is 13.7. The van der Waals surface area contributed by atoms with Gasteiger partial charge in [0.1, 0.15) is 5.75 Å². The first-order valence-corrected chi connectivity index (χ1v) is 13.2. The first-order chi connectivity index (χ1) is 19.6. The van der Waals surface area contributed by atoms with Gasteiger partial charge >= 0.3 is 0 Å². The number of H-pyrrole nitrogens is 1. The molecule has 0 fully saturated rings. The van der Waals surface area contributed by atoms with Gasteiger partial charge in [-0.3, -0.25) is 9.69 Å². The van der Waals surface area contributed by atoms with Crippen LogP contribution in [-0.2, 0) is 19.6 Å². The number of tetrazole rings is 1. The number of ether oxygens (including phenoxy) is 3. The molecule has 0 saturated heterocycles. The van der Waals surface area contributed by atoms with Gasteiger partial charge in [-0.1, -0.05) is 43.3 Å². The summed E-state index contributed by atoms with van der Waals surface area (Å²) in [6.07, 6.45) is 0.735. The Morgan fingerprint density at radius 2 is 1.85 bits per heavy atom. The lowest BCUT2D eigenvalue weighted by atomic mass is 10.1. The van der Waals surface area contributed by atoms with Crippen LogP contribution in [0.15, 0.2) is 77.6 Å². The smallest absolute Gasteiger partial charge is 0.252 e. The first kappa shape index (κ1) is 25.6. The van der Waals surface area contributed by atoms with Gasteiger partial charge < -0.3 is 19.2 Å². The molecule has 1 aliphatic rings. The van der Waals surface area contributed by atoms with E-state index in [4.69, 9.17) is 14.2 Å². The highest BCUT2D eigenvalue weighted by Gasteiger charge is 2.27. The molecule has 3 heterocycles. The molecule has 2 aromatic heterocycles. The predicted molar refractivity (Wildman–Crippen MR) is 149 cm³/mol. The van der Waals surface area contributed by atoms with Gasteiger partial charge in [-0.25, -0.2) is 4.68 Å². The number of nitrogens with zero attached hydrogens (tertiary/aromatic N) is 5. The minimum atomic E-state index is -0.162. The highest BCUT2D eigenvalue weighted by atomic mass is 16.7. The van der Waals surface area contributed by atoms with Crippen molar-refractivity contribution in [3.8, 4) is 17.2 Å². The number of hydrogen-bond donors (Lipinski definition) is 1. The number of hydrogen-bond acceptors (Lipinski definition) is 8. The zero-order chi connectivity index (χ0) is 27.5. The van der Waals surface area contributed by atoms with Gasteiger partial charge in [-0.2, -0.15) is 0 Å². The molecular weight excluding hydrogens is 508 g/mol. The topological polar surface area (TPSA) is 107 Å². The van der Waals surface area contributed by atoms with Crippen LogP contribution in [0.5, 0.6) is 17.2 Å². The van der Waals surface area contributed by atoms with Crippen molar-refractivity contribution in [3.63, 3.8) is 0 Å². The number of aromatic amines is 1. The molecule has 1 N–H and O–H groups in total. The minimum absolute atomic E-state index is 0.132. The van der Waals surface area contributed by atoms with Crippen molar-refractivity contribution < 1.29 is 14.2 Å². The third-order valence-electron chi connectivity index (χ3n) is 7.18. The van der Waals surface area contributed by atoms with E-state index in [1.165, 1.54) is 0 Å². The molecule has 0 radical (unpaired) electrons. The van der Waals surface area contributed by atoms with Crippen LogP contribution in [0.2, 0.25) is 0 Å². The van der Waals surface area contributed by atoms with E-state index in [0.717, 1.165) is 51.5 Å². The molecule has 1 aliphatic heterocycles. The fraction of sp³-hybridized carbons (Fsp3) is 0.267. The largest absolute Gasteiger partial charge is 0.497 e. The van der Waals surface area contributed by atoms with Crippen molar-refractivity contribution in [2.75, 3.05) is 13.9 Å². The summed E-state index contributed by atoms with van der Waals surface area (Å²) in [5.74, 6) is 2.92. The molecule has 10 heteroatoms. The summed E-state index contributed by atoms with van der Waals surface area (Å²) in [5.41, 5.74) is 3.40. The normalized spacial score (nSPS) is 13.2. The molecule has 0 amide bonds. The van der Waals surface area contributed by atoms with Gasteiger partial charge in [0, 0.05) is 29.6 Å². The highest BCUT2D eigenvalue weighted by molar-refractivity contribution is 5.80. The molecule has 0 aliphatic carbocycles. The van der Waals surface area contributed by atoms with Crippen LogP contribution in [0.1, 0.15) is 41.9 Å². The van der Waals surface area contributed by atoms with E-state index in [9.17, 15) is 4.79 Å². The standard InChI is InChI=1S/C30H30N6O4/c1-3-26(29-32-33-34-36(29)17-20-7-5-4-6-8-20)35(16-21-9-12-27-28(13-21)40-19-39-27)18-23-14-22-15-24(38-2)10-11-25(22)31-30(23)37/h4-15,26H,3,16-19H2,1-2H3,(H,31,37)/t26-/m0/s1. The zero-order valence-corrected chi connectivity index (χ0v) is 22.4. The quantitative estimate of drug-likeness (QED) is 0.278. The Balaban J connectivity index is 1.38. The summed E-state index contributed by atoms with van der Waals surface area (Å²) in [7, 11) is 1.63. The Kier molecular flexibility index (Phi) is 7.15. The fourth-order valence-corrected chi connectivity index (χ4v) is 5.17. The van der Waals surface area contributed by atoms with E-state index in [0.29, 0.717) is 25.2 Å². The van der Waals surface area contributed by atoms with Gasteiger partial charge in [-0.05, 0) is 64.4 Å². The Morgan fingerprint density at radius 1 is 1.00 bits per heavy atom. The lowest BCUT2D eigenvalue weighted by Crippen LogP contribution is -2.32. The van der Waals surface area contributed by atoms with Crippen LogP contribution in [0.3, 0.4) is 0 Å². The zero-order valence-electron chi connectivity index (χ0n) is 22.4. The molecule has 5 aromatic rings. The molecular formula is C30H30N6O4. The molecule has 0 saturated carbocycles. The van der Waals surface area contributed by atoms with Crippen LogP contribution < -0.4 is 19.8 Å². The molecule has 0 bridgehead atoms.